The fourth-order valence-corrected chi connectivity index (χ4v) is 1.85. The fraction of sp³-hybridized carbons (Fsp3) is 0.500. The Morgan fingerprint density at radius 1 is 1.25 bits per heavy atom. The lowest BCUT2D eigenvalue weighted by molar-refractivity contribution is 0.169. The zero-order valence-electron chi connectivity index (χ0n) is 10.4. The van der Waals surface area contributed by atoms with Crippen LogP contribution in [0.5, 0.6) is 0 Å². The second kappa shape index (κ2) is 6.30. The van der Waals surface area contributed by atoms with E-state index in [4.69, 9.17) is 5.26 Å². The van der Waals surface area contributed by atoms with Crippen molar-refractivity contribution in [2.45, 2.75) is 26.7 Å². The maximum atomic E-state index is 8.50. The van der Waals surface area contributed by atoms with Crippen LogP contribution in [0.3, 0.4) is 0 Å². The highest BCUT2D eigenvalue weighted by Crippen LogP contribution is 2.26. The minimum absolute atomic E-state index is 0.572. The Hall–Kier alpha value is -1.33. The van der Waals surface area contributed by atoms with Crippen molar-refractivity contribution in [3.8, 4) is 6.07 Å². The summed E-state index contributed by atoms with van der Waals surface area (Å²) in [5.74, 6) is 0.643. The molecule has 1 aromatic carbocycles. The number of nitriles is 1. The summed E-state index contributed by atoms with van der Waals surface area (Å²) in [5, 5.41) is 8.50. The Labute approximate surface area is 98.5 Å². The molecule has 2 heteroatoms. The zero-order chi connectivity index (χ0) is 12.0. The molecule has 0 bridgehead atoms. The third-order valence-electron chi connectivity index (χ3n) is 2.80. The SMILES string of the molecule is CC.Cc1ccc(C2CN(CC#N)C2)cc1. The minimum atomic E-state index is 0.572. The predicted octanol–water partition coefficient (Wildman–Crippen LogP) is 2.94. The first-order valence-corrected chi connectivity index (χ1v) is 5.95. The van der Waals surface area contributed by atoms with Crippen LogP contribution in [-0.2, 0) is 0 Å². The second-order valence-electron chi connectivity index (χ2n) is 3.96. The van der Waals surface area contributed by atoms with Crippen LogP contribution in [0.15, 0.2) is 24.3 Å². The van der Waals surface area contributed by atoms with E-state index in [0.717, 1.165) is 13.1 Å². The fourth-order valence-electron chi connectivity index (χ4n) is 1.85. The maximum Gasteiger partial charge on any atom is 0.0866 e. The molecule has 1 heterocycles. The van der Waals surface area contributed by atoms with Crippen molar-refractivity contribution in [3.63, 3.8) is 0 Å². The Balaban J connectivity index is 0.000000606. The van der Waals surface area contributed by atoms with E-state index in [2.05, 4.69) is 42.2 Å². The van der Waals surface area contributed by atoms with Crippen LogP contribution in [0.25, 0.3) is 0 Å². The predicted molar refractivity (Wildman–Crippen MR) is 67.3 cm³/mol. The number of benzene rings is 1. The van der Waals surface area contributed by atoms with Crippen LogP contribution < -0.4 is 0 Å². The summed E-state index contributed by atoms with van der Waals surface area (Å²) >= 11 is 0. The van der Waals surface area contributed by atoms with Gasteiger partial charge in [-0.3, -0.25) is 4.90 Å². The lowest BCUT2D eigenvalue weighted by Crippen LogP contribution is -2.44. The number of hydrogen-bond donors (Lipinski definition) is 0. The van der Waals surface area contributed by atoms with Gasteiger partial charge in [-0.15, -0.1) is 0 Å². The Morgan fingerprint density at radius 2 is 1.81 bits per heavy atom. The van der Waals surface area contributed by atoms with Gasteiger partial charge in [-0.1, -0.05) is 43.7 Å². The molecule has 1 aliphatic heterocycles. The first kappa shape index (κ1) is 12.7. The highest BCUT2D eigenvalue weighted by molar-refractivity contribution is 5.26. The maximum absolute atomic E-state index is 8.50. The van der Waals surface area contributed by atoms with E-state index in [1.807, 2.05) is 13.8 Å². The number of likely N-dealkylation sites (tertiary alicyclic amines) is 1. The number of nitrogens with zero attached hydrogens (tertiary/aromatic N) is 2. The van der Waals surface area contributed by atoms with E-state index in [-0.39, 0.29) is 0 Å². The normalized spacial score (nSPS) is 15.6. The van der Waals surface area contributed by atoms with Crippen LogP contribution in [0.1, 0.15) is 30.9 Å². The van der Waals surface area contributed by atoms with Gasteiger partial charge in [0, 0.05) is 19.0 Å². The molecule has 0 atom stereocenters. The molecule has 2 rings (SSSR count). The topological polar surface area (TPSA) is 27.0 Å². The van der Waals surface area contributed by atoms with Gasteiger partial charge < -0.3 is 0 Å². The van der Waals surface area contributed by atoms with Crippen molar-refractivity contribution >= 4 is 0 Å². The molecule has 1 saturated heterocycles. The van der Waals surface area contributed by atoms with Crippen molar-refractivity contribution in [1.29, 1.82) is 5.26 Å². The average Bonchev–Trinajstić information content (AvgIpc) is 2.27. The first-order valence-electron chi connectivity index (χ1n) is 5.95. The van der Waals surface area contributed by atoms with Gasteiger partial charge in [0.1, 0.15) is 0 Å². The molecule has 1 aliphatic rings. The summed E-state index contributed by atoms with van der Waals surface area (Å²) in [6, 6.07) is 10.9. The minimum Gasteiger partial charge on any atom is -0.289 e. The molecule has 0 N–H and O–H groups in total. The van der Waals surface area contributed by atoms with Crippen LogP contribution in [0.4, 0.5) is 0 Å². The van der Waals surface area contributed by atoms with E-state index < -0.39 is 0 Å². The summed E-state index contributed by atoms with van der Waals surface area (Å²) in [4.78, 5) is 2.17. The summed E-state index contributed by atoms with van der Waals surface area (Å²) in [5.41, 5.74) is 2.71. The number of rotatable bonds is 2. The van der Waals surface area contributed by atoms with Crippen molar-refractivity contribution in [3.05, 3.63) is 35.4 Å². The second-order valence-corrected chi connectivity index (χ2v) is 3.96. The molecular weight excluding hydrogens is 196 g/mol. The van der Waals surface area contributed by atoms with E-state index in [1.54, 1.807) is 0 Å². The van der Waals surface area contributed by atoms with Gasteiger partial charge >= 0.3 is 0 Å². The monoisotopic (exact) mass is 216 g/mol. The third kappa shape index (κ3) is 3.08. The first-order chi connectivity index (χ1) is 7.79. The van der Waals surface area contributed by atoms with Gasteiger partial charge in [-0.25, -0.2) is 0 Å². The molecule has 0 radical (unpaired) electrons. The van der Waals surface area contributed by atoms with E-state index >= 15 is 0 Å². The summed E-state index contributed by atoms with van der Waals surface area (Å²) in [6.07, 6.45) is 0. The molecule has 0 saturated carbocycles. The molecule has 1 aromatic rings. The van der Waals surface area contributed by atoms with Crippen LogP contribution in [-0.4, -0.2) is 24.5 Å². The van der Waals surface area contributed by atoms with Crippen LogP contribution in [0, 0.1) is 18.3 Å². The van der Waals surface area contributed by atoms with Gasteiger partial charge in [-0.05, 0) is 12.5 Å². The Kier molecular flexibility index (Phi) is 5.01. The molecular formula is C14H20N2. The van der Waals surface area contributed by atoms with Gasteiger partial charge in [0.25, 0.3) is 0 Å². The van der Waals surface area contributed by atoms with Gasteiger partial charge in [0.2, 0.25) is 0 Å². The van der Waals surface area contributed by atoms with Crippen molar-refractivity contribution in [1.82, 2.24) is 4.90 Å². The van der Waals surface area contributed by atoms with Gasteiger partial charge in [0.15, 0.2) is 0 Å². The molecule has 0 aromatic heterocycles. The molecule has 0 unspecified atom stereocenters. The van der Waals surface area contributed by atoms with Gasteiger partial charge in [0.05, 0.1) is 12.6 Å². The van der Waals surface area contributed by atoms with E-state index in [9.17, 15) is 0 Å². The Bertz CT molecular complexity index is 342. The van der Waals surface area contributed by atoms with Crippen LogP contribution in [0.2, 0.25) is 0 Å². The summed E-state index contributed by atoms with van der Waals surface area (Å²) in [6.45, 7) is 8.75. The lowest BCUT2D eigenvalue weighted by atomic mass is 9.91. The largest absolute Gasteiger partial charge is 0.289 e. The average molecular weight is 216 g/mol. The van der Waals surface area contributed by atoms with Gasteiger partial charge in [-0.2, -0.15) is 5.26 Å². The highest BCUT2D eigenvalue weighted by Gasteiger charge is 2.27. The highest BCUT2D eigenvalue weighted by atomic mass is 15.2. The third-order valence-corrected chi connectivity index (χ3v) is 2.80. The smallest absolute Gasteiger partial charge is 0.0866 e. The molecule has 2 nitrogen and oxygen atoms in total. The van der Waals surface area contributed by atoms with Crippen LogP contribution >= 0.6 is 0 Å². The summed E-state index contributed by atoms with van der Waals surface area (Å²) < 4.78 is 0. The quantitative estimate of drug-likeness (QED) is 0.711. The van der Waals surface area contributed by atoms with Crippen molar-refractivity contribution in [2.24, 2.45) is 0 Å². The molecule has 1 fully saturated rings. The lowest BCUT2D eigenvalue weighted by Gasteiger charge is -2.37. The van der Waals surface area contributed by atoms with E-state index in [0.29, 0.717) is 12.5 Å². The molecule has 0 amide bonds. The summed E-state index contributed by atoms with van der Waals surface area (Å²) in [7, 11) is 0. The van der Waals surface area contributed by atoms with Crippen molar-refractivity contribution in [2.75, 3.05) is 19.6 Å². The van der Waals surface area contributed by atoms with Crippen molar-refractivity contribution < 1.29 is 0 Å². The molecule has 0 spiro atoms. The van der Waals surface area contributed by atoms with E-state index in [1.165, 1.54) is 11.1 Å². The number of aryl methyl sites for hydroxylation is 1. The zero-order valence-corrected chi connectivity index (χ0v) is 10.4. The molecule has 86 valence electrons. The Morgan fingerprint density at radius 3 is 2.31 bits per heavy atom. The molecule has 0 aliphatic carbocycles. The standard InChI is InChI=1S/C12H14N2.C2H6/c1-10-2-4-11(5-3-10)12-8-14(9-12)7-6-13;1-2/h2-5,12H,7-9H2,1H3;1-2H3. The number of hydrogen-bond acceptors (Lipinski definition) is 2. The molecule has 16 heavy (non-hydrogen) atoms.